The summed E-state index contributed by atoms with van der Waals surface area (Å²) < 4.78 is 0. The van der Waals surface area contributed by atoms with E-state index in [1.807, 2.05) is 17.0 Å². The zero-order chi connectivity index (χ0) is 10.9. The SMILES string of the molecule is N#CCCN(CCC#N)c1ccncc1. The van der Waals surface area contributed by atoms with E-state index < -0.39 is 0 Å². The third-order valence-corrected chi connectivity index (χ3v) is 2.01. The van der Waals surface area contributed by atoms with Crippen molar-refractivity contribution in [2.45, 2.75) is 12.8 Å². The predicted octanol–water partition coefficient (Wildman–Crippen LogP) is 1.72. The molecule has 1 rings (SSSR count). The maximum Gasteiger partial charge on any atom is 0.0640 e. The molecule has 0 fully saturated rings. The van der Waals surface area contributed by atoms with E-state index >= 15 is 0 Å². The zero-order valence-electron chi connectivity index (χ0n) is 8.43. The lowest BCUT2D eigenvalue weighted by Gasteiger charge is -2.22. The smallest absolute Gasteiger partial charge is 0.0640 e. The molecule has 1 aromatic rings. The molecule has 0 spiro atoms. The molecule has 0 saturated heterocycles. The van der Waals surface area contributed by atoms with Crippen molar-refractivity contribution in [2.75, 3.05) is 18.0 Å². The Bertz CT molecular complexity index is 342. The molecule has 0 aromatic carbocycles. The van der Waals surface area contributed by atoms with Crippen molar-refractivity contribution in [3.05, 3.63) is 24.5 Å². The molecule has 0 radical (unpaired) electrons. The van der Waals surface area contributed by atoms with Crippen molar-refractivity contribution >= 4 is 5.69 Å². The number of hydrogen-bond acceptors (Lipinski definition) is 4. The monoisotopic (exact) mass is 200 g/mol. The van der Waals surface area contributed by atoms with Gasteiger partial charge in [-0.3, -0.25) is 4.98 Å². The van der Waals surface area contributed by atoms with Gasteiger partial charge in [0.1, 0.15) is 0 Å². The van der Waals surface area contributed by atoms with E-state index in [1.165, 1.54) is 0 Å². The molecule has 0 aliphatic heterocycles. The van der Waals surface area contributed by atoms with Crippen molar-refractivity contribution in [1.82, 2.24) is 4.98 Å². The van der Waals surface area contributed by atoms with Crippen LogP contribution in [0.15, 0.2) is 24.5 Å². The van der Waals surface area contributed by atoms with Gasteiger partial charge >= 0.3 is 0 Å². The van der Waals surface area contributed by atoms with Gasteiger partial charge in [0, 0.05) is 31.2 Å². The van der Waals surface area contributed by atoms with E-state index in [9.17, 15) is 0 Å². The van der Waals surface area contributed by atoms with Crippen LogP contribution in [0.25, 0.3) is 0 Å². The van der Waals surface area contributed by atoms with Crippen LogP contribution in [-0.4, -0.2) is 18.1 Å². The molecule has 1 heterocycles. The Balaban J connectivity index is 2.64. The molecule has 0 aliphatic rings. The maximum atomic E-state index is 8.53. The molecule has 1 aromatic heterocycles. The molecule has 0 saturated carbocycles. The van der Waals surface area contributed by atoms with Gasteiger partial charge in [-0.05, 0) is 12.1 Å². The van der Waals surface area contributed by atoms with Gasteiger partial charge in [-0.2, -0.15) is 10.5 Å². The highest BCUT2D eigenvalue weighted by atomic mass is 15.1. The topological polar surface area (TPSA) is 63.7 Å². The number of rotatable bonds is 5. The number of anilines is 1. The Hall–Kier alpha value is -2.07. The van der Waals surface area contributed by atoms with Crippen molar-refractivity contribution in [2.24, 2.45) is 0 Å². The molecule has 4 nitrogen and oxygen atoms in total. The minimum atomic E-state index is 0.466. The summed E-state index contributed by atoms with van der Waals surface area (Å²) in [7, 11) is 0. The van der Waals surface area contributed by atoms with Gasteiger partial charge in [-0.15, -0.1) is 0 Å². The molecule has 0 atom stereocenters. The van der Waals surface area contributed by atoms with Crippen LogP contribution in [0.2, 0.25) is 0 Å². The fraction of sp³-hybridized carbons (Fsp3) is 0.364. The Kier molecular flexibility index (Phi) is 4.69. The van der Waals surface area contributed by atoms with Crippen molar-refractivity contribution in [3.8, 4) is 12.1 Å². The standard InChI is InChI=1S/C11H12N4/c12-5-1-9-15(10-2-6-13)11-3-7-14-8-4-11/h3-4,7-8H,1-2,9-10H2. The molecule has 0 bridgehead atoms. The molecule has 15 heavy (non-hydrogen) atoms. The average molecular weight is 200 g/mol. The normalized spacial score (nSPS) is 8.93. The fourth-order valence-electron chi connectivity index (χ4n) is 1.29. The summed E-state index contributed by atoms with van der Waals surface area (Å²) in [6, 6.07) is 7.98. The van der Waals surface area contributed by atoms with Gasteiger partial charge in [0.2, 0.25) is 0 Å². The Morgan fingerprint density at radius 2 is 1.60 bits per heavy atom. The maximum absolute atomic E-state index is 8.53. The van der Waals surface area contributed by atoms with Crippen LogP contribution in [0.5, 0.6) is 0 Å². The van der Waals surface area contributed by atoms with Gasteiger partial charge in [0.05, 0.1) is 25.0 Å². The Morgan fingerprint density at radius 1 is 1.07 bits per heavy atom. The van der Waals surface area contributed by atoms with E-state index in [2.05, 4.69) is 17.1 Å². The summed E-state index contributed by atoms with van der Waals surface area (Å²) >= 11 is 0. The third kappa shape index (κ3) is 3.66. The number of pyridine rings is 1. The average Bonchev–Trinajstić information content (AvgIpc) is 2.30. The van der Waals surface area contributed by atoms with E-state index in [4.69, 9.17) is 10.5 Å². The van der Waals surface area contributed by atoms with Crippen molar-refractivity contribution in [3.63, 3.8) is 0 Å². The van der Waals surface area contributed by atoms with Crippen LogP contribution in [0.3, 0.4) is 0 Å². The molecule has 0 aliphatic carbocycles. The van der Waals surface area contributed by atoms with Gasteiger partial charge in [-0.25, -0.2) is 0 Å². The Morgan fingerprint density at radius 3 is 2.07 bits per heavy atom. The van der Waals surface area contributed by atoms with Gasteiger partial charge in [-0.1, -0.05) is 0 Å². The first-order valence-corrected chi connectivity index (χ1v) is 4.77. The zero-order valence-corrected chi connectivity index (χ0v) is 8.43. The summed E-state index contributed by atoms with van der Waals surface area (Å²) in [5.74, 6) is 0. The van der Waals surface area contributed by atoms with Crippen LogP contribution in [0.4, 0.5) is 5.69 Å². The number of aromatic nitrogens is 1. The molecule has 0 N–H and O–H groups in total. The second kappa shape index (κ2) is 6.39. The first-order valence-electron chi connectivity index (χ1n) is 4.77. The summed E-state index contributed by atoms with van der Waals surface area (Å²) in [6.45, 7) is 1.31. The fourth-order valence-corrected chi connectivity index (χ4v) is 1.29. The van der Waals surface area contributed by atoms with E-state index in [-0.39, 0.29) is 0 Å². The van der Waals surface area contributed by atoms with E-state index in [1.54, 1.807) is 12.4 Å². The lowest BCUT2D eigenvalue weighted by molar-refractivity contribution is 0.795. The van der Waals surface area contributed by atoms with Crippen LogP contribution >= 0.6 is 0 Å². The van der Waals surface area contributed by atoms with Crippen molar-refractivity contribution in [1.29, 1.82) is 10.5 Å². The van der Waals surface area contributed by atoms with Crippen LogP contribution in [0, 0.1) is 22.7 Å². The second-order valence-corrected chi connectivity index (χ2v) is 3.01. The summed E-state index contributed by atoms with van der Waals surface area (Å²) in [5.41, 5.74) is 1.01. The number of hydrogen-bond donors (Lipinski definition) is 0. The van der Waals surface area contributed by atoms with Gasteiger partial charge in [0.15, 0.2) is 0 Å². The first kappa shape index (κ1) is 11.0. The highest BCUT2D eigenvalue weighted by Gasteiger charge is 2.04. The Labute approximate surface area is 89.4 Å². The van der Waals surface area contributed by atoms with E-state index in [0.29, 0.717) is 25.9 Å². The van der Waals surface area contributed by atoms with Gasteiger partial charge < -0.3 is 4.90 Å². The molecule has 76 valence electrons. The first-order chi connectivity index (χ1) is 7.38. The van der Waals surface area contributed by atoms with Crippen LogP contribution in [0.1, 0.15) is 12.8 Å². The lowest BCUT2D eigenvalue weighted by Crippen LogP contribution is -2.25. The largest absolute Gasteiger partial charge is 0.369 e. The molecular weight excluding hydrogens is 188 g/mol. The summed E-state index contributed by atoms with van der Waals surface area (Å²) in [4.78, 5) is 5.95. The lowest BCUT2D eigenvalue weighted by atomic mass is 10.3. The van der Waals surface area contributed by atoms with Crippen LogP contribution < -0.4 is 4.90 Å². The molecular formula is C11H12N4. The summed E-state index contributed by atoms with van der Waals surface area (Å²) in [6.07, 6.45) is 4.35. The number of nitrogens with zero attached hydrogens (tertiary/aromatic N) is 4. The van der Waals surface area contributed by atoms with Crippen molar-refractivity contribution < 1.29 is 0 Å². The molecule has 4 heteroatoms. The molecule has 0 amide bonds. The summed E-state index contributed by atoms with van der Waals surface area (Å²) in [5, 5.41) is 17.1. The minimum Gasteiger partial charge on any atom is -0.369 e. The van der Waals surface area contributed by atoms with E-state index in [0.717, 1.165) is 5.69 Å². The second-order valence-electron chi connectivity index (χ2n) is 3.01. The third-order valence-electron chi connectivity index (χ3n) is 2.01. The molecule has 0 unspecified atom stereocenters. The van der Waals surface area contributed by atoms with Gasteiger partial charge in [0.25, 0.3) is 0 Å². The quantitative estimate of drug-likeness (QED) is 0.725. The number of nitriles is 2. The van der Waals surface area contributed by atoms with Crippen LogP contribution in [-0.2, 0) is 0 Å². The predicted molar refractivity (Wildman–Crippen MR) is 56.9 cm³/mol. The minimum absolute atomic E-state index is 0.466. The highest BCUT2D eigenvalue weighted by molar-refractivity contribution is 5.44. The highest BCUT2D eigenvalue weighted by Crippen LogP contribution is 2.12.